The molecule has 4 rings (SSSR count). The summed E-state index contributed by atoms with van der Waals surface area (Å²) < 4.78 is 0. The number of hydrogen-bond acceptors (Lipinski definition) is 2. The van der Waals surface area contributed by atoms with Crippen molar-refractivity contribution < 1.29 is 9.59 Å². The molecule has 0 saturated heterocycles. The predicted octanol–water partition coefficient (Wildman–Crippen LogP) is 3.18. The van der Waals surface area contributed by atoms with E-state index in [1.54, 1.807) is 11.0 Å². The Morgan fingerprint density at radius 1 is 1.08 bits per heavy atom. The fourth-order valence-electron chi connectivity index (χ4n) is 3.49. The number of nitrogens with one attached hydrogen (secondary N) is 1. The van der Waals surface area contributed by atoms with Crippen molar-refractivity contribution in [2.24, 2.45) is 0 Å². The summed E-state index contributed by atoms with van der Waals surface area (Å²) in [5.41, 5.74) is 3.48. The summed E-state index contributed by atoms with van der Waals surface area (Å²) in [5, 5.41) is 3.07. The molecule has 0 unspecified atom stereocenters. The standard InChI is InChI=1S/C21H20N2O2/c1-14-16-9-5-6-10-17(16)21(25)23(14)12-11-20(24)22-19-13-18(19)15-7-3-2-4-8-15/h2-10,18-19H,1,11-13H2,(H,22,24)/t18-,19-/m0/s1. The van der Waals surface area contributed by atoms with Crippen LogP contribution in [0.1, 0.15) is 40.2 Å². The molecule has 25 heavy (non-hydrogen) atoms. The first-order chi connectivity index (χ1) is 12.1. The smallest absolute Gasteiger partial charge is 0.258 e. The number of rotatable bonds is 5. The van der Waals surface area contributed by atoms with Gasteiger partial charge in [-0.05, 0) is 18.1 Å². The fourth-order valence-corrected chi connectivity index (χ4v) is 3.49. The lowest BCUT2D eigenvalue weighted by Crippen LogP contribution is -2.32. The molecular weight excluding hydrogens is 312 g/mol. The molecule has 2 aromatic carbocycles. The Labute approximate surface area is 147 Å². The maximum Gasteiger partial charge on any atom is 0.258 e. The summed E-state index contributed by atoms with van der Waals surface area (Å²) in [6.45, 7) is 4.37. The van der Waals surface area contributed by atoms with E-state index in [1.165, 1.54) is 5.56 Å². The lowest BCUT2D eigenvalue weighted by molar-refractivity contribution is -0.121. The number of fused-ring (bicyclic) bond motifs is 1. The first-order valence-electron chi connectivity index (χ1n) is 8.59. The van der Waals surface area contributed by atoms with E-state index in [9.17, 15) is 9.59 Å². The molecule has 1 N–H and O–H groups in total. The first-order valence-corrected chi connectivity index (χ1v) is 8.59. The van der Waals surface area contributed by atoms with Crippen LogP contribution >= 0.6 is 0 Å². The average molecular weight is 332 g/mol. The van der Waals surface area contributed by atoms with Crippen LogP contribution in [0.4, 0.5) is 0 Å². The summed E-state index contributed by atoms with van der Waals surface area (Å²) in [7, 11) is 0. The highest BCUT2D eigenvalue weighted by Crippen LogP contribution is 2.40. The van der Waals surface area contributed by atoms with E-state index in [2.05, 4.69) is 24.0 Å². The van der Waals surface area contributed by atoms with Gasteiger partial charge < -0.3 is 10.2 Å². The minimum absolute atomic E-state index is 0.0139. The Kier molecular flexibility index (Phi) is 3.88. The van der Waals surface area contributed by atoms with E-state index in [0.29, 0.717) is 23.7 Å². The molecule has 2 aromatic rings. The molecule has 126 valence electrons. The van der Waals surface area contributed by atoms with Crippen LogP contribution in [0.3, 0.4) is 0 Å². The zero-order valence-electron chi connectivity index (χ0n) is 13.9. The average Bonchev–Trinajstić information content (AvgIpc) is 3.36. The fraction of sp³-hybridized carbons (Fsp3) is 0.238. The highest BCUT2D eigenvalue weighted by molar-refractivity contribution is 6.08. The maximum absolute atomic E-state index is 12.4. The molecule has 4 heteroatoms. The van der Waals surface area contributed by atoms with Crippen molar-refractivity contribution in [1.29, 1.82) is 0 Å². The second-order valence-corrected chi connectivity index (χ2v) is 6.63. The number of benzene rings is 2. The number of carbonyl (C=O) groups excluding carboxylic acids is 2. The second kappa shape index (κ2) is 6.20. The molecule has 1 fully saturated rings. The second-order valence-electron chi connectivity index (χ2n) is 6.63. The Bertz CT molecular complexity index is 809. The zero-order chi connectivity index (χ0) is 17.4. The van der Waals surface area contributed by atoms with Gasteiger partial charge in [0.15, 0.2) is 0 Å². The van der Waals surface area contributed by atoms with Crippen LogP contribution in [-0.4, -0.2) is 29.3 Å². The third-order valence-electron chi connectivity index (χ3n) is 4.97. The lowest BCUT2D eigenvalue weighted by atomic mass is 10.1. The van der Waals surface area contributed by atoms with Crippen molar-refractivity contribution in [3.63, 3.8) is 0 Å². The van der Waals surface area contributed by atoms with Crippen LogP contribution in [0.25, 0.3) is 5.70 Å². The minimum Gasteiger partial charge on any atom is -0.353 e. The summed E-state index contributed by atoms with van der Waals surface area (Å²) in [4.78, 5) is 26.3. The minimum atomic E-state index is -0.0676. The molecule has 1 aliphatic carbocycles. The Balaban J connectivity index is 1.30. The largest absolute Gasteiger partial charge is 0.353 e. The van der Waals surface area contributed by atoms with Gasteiger partial charge in [0.25, 0.3) is 5.91 Å². The third kappa shape index (κ3) is 2.95. The highest BCUT2D eigenvalue weighted by Gasteiger charge is 2.39. The van der Waals surface area contributed by atoms with Gasteiger partial charge in [-0.3, -0.25) is 9.59 Å². The Hall–Kier alpha value is -2.88. The van der Waals surface area contributed by atoms with Crippen LogP contribution in [-0.2, 0) is 4.79 Å². The van der Waals surface area contributed by atoms with Crippen LogP contribution in [0.5, 0.6) is 0 Å². The van der Waals surface area contributed by atoms with Gasteiger partial charge in [-0.1, -0.05) is 55.1 Å². The van der Waals surface area contributed by atoms with Crippen molar-refractivity contribution in [2.45, 2.75) is 24.8 Å². The van der Waals surface area contributed by atoms with E-state index in [1.807, 2.05) is 36.4 Å². The molecule has 0 spiro atoms. The van der Waals surface area contributed by atoms with Crippen molar-refractivity contribution in [1.82, 2.24) is 10.2 Å². The molecule has 2 aliphatic rings. The molecule has 0 bridgehead atoms. The zero-order valence-corrected chi connectivity index (χ0v) is 13.9. The first kappa shape index (κ1) is 15.6. The topological polar surface area (TPSA) is 49.4 Å². The van der Waals surface area contributed by atoms with Crippen molar-refractivity contribution in [3.05, 3.63) is 77.9 Å². The van der Waals surface area contributed by atoms with Gasteiger partial charge in [0.05, 0.1) is 0 Å². The van der Waals surface area contributed by atoms with Gasteiger partial charge in [0, 0.05) is 41.7 Å². The predicted molar refractivity (Wildman–Crippen MR) is 96.9 cm³/mol. The van der Waals surface area contributed by atoms with Gasteiger partial charge in [-0.15, -0.1) is 0 Å². The summed E-state index contributed by atoms with van der Waals surface area (Å²) in [5.74, 6) is 0.333. The van der Waals surface area contributed by atoms with Crippen LogP contribution in [0, 0.1) is 0 Å². The Morgan fingerprint density at radius 2 is 1.76 bits per heavy atom. The molecule has 4 nitrogen and oxygen atoms in total. The summed E-state index contributed by atoms with van der Waals surface area (Å²) in [6.07, 6.45) is 1.27. The van der Waals surface area contributed by atoms with Crippen molar-refractivity contribution in [2.75, 3.05) is 6.54 Å². The number of hydrogen-bond donors (Lipinski definition) is 1. The number of carbonyl (C=O) groups is 2. The van der Waals surface area contributed by atoms with Crippen molar-refractivity contribution in [3.8, 4) is 0 Å². The SMILES string of the molecule is C=C1c2ccccc2C(=O)N1CCC(=O)N[C@H]1C[C@H]1c1ccccc1. The van der Waals surface area contributed by atoms with E-state index >= 15 is 0 Å². The Morgan fingerprint density at radius 3 is 2.48 bits per heavy atom. The summed E-state index contributed by atoms with van der Waals surface area (Å²) in [6, 6.07) is 17.9. The van der Waals surface area contributed by atoms with E-state index in [-0.39, 0.29) is 24.3 Å². The molecule has 1 aliphatic heterocycles. The van der Waals surface area contributed by atoms with E-state index < -0.39 is 0 Å². The molecule has 2 atom stereocenters. The quantitative estimate of drug-likeness (QED) is 0.914. The van der Waals surface area contributed by atoms with Crippen LogP contribution in [0.2, 0.25) is 0 Å². The van der Waals surface area contributed by atoms with Crippen molar-refractivity contribution >= 4 is 17.5 Å². The molecule has 1 heterocycles. The monoisotopic (exact) mass is 332 g/mol. The highest BCUT2D eigenvalue weighted by atomic mass is 16.2. The van der Waals surface area contributed by atoms with Gasteiger partial charge in [0.2, 0.25) is 5.91 Å². The molecule has 2 amide bonds. The van der Waals surface area contributed by atoms with Gasteiger partial charge in [-0.2, -0.15) is 0 Å². The normalized spacial score (nSPS) is 21.2. The van der Waals surface area contributed by atoms with Gasteiger partial charge in [-0.25, -0.2) is 0 Å². The molecule has 1 saturated carbocycles. The maximum atomic E-state index is 12.4. The molecule has 0 aromatic heterocycles. The molecular formula is C21H20N2O2. The van der Waals surface area contributed by atoms with E-state index in [4.69, 9.17) is 0 Å². The third-order valence-corrected chi connectivity index (χ3v) is 4.97. The van der Waals surface area contributed by atoms with Gasteiger partial charge >= 0.3 is 0 Å². The summed E-state index contributed by atoms with van der Waals surface area (Å²) >= 11 is 0. The van der Waals surface area contributed by atoms with E-state index in [0.717, 1.165) is 12.0 Å². The number of amides is 2. The number of nitrogens with zero attached hydrogens (tertiary/aromatic N) is 1. The molecule has 0 radical (unpaired) electrons. The van der Waals surface area contributed by atoms with Gasteiger partial charge in [0.1, 0.15) is 0 Å². The lowest BCUT2D eigenvalue weighted by Gasteiger charge is -2.17. The van der Waals surface area contributed by atoms with Crippen LogP contribution in [0.15, 0.2) is 61.2 Å². The van der Waals surface area contributed by atoms with Crippen LogP contribution < -0.4 is 5.32 Å².